The molecule has 0 atom stereocenters. The highest BCUT2D eigenvalue weighted by atomic mass is 19.4. The Bertz CT molecular complexity index is 563. The Morgan fingerprint density at radius 1 is 1.48 bits per heavy atom. The number of rotatable bonds is 5. The third kappa shape index (κ3) is 4.31. The summed E-state index contributed by atoms with van der Waals surface area (Å²) in [6.45, 7) is 5.20. The van der Waals surface area contributed by atoms with Crippen molar-refractivity contribution >= 4 is 5.91 Å². The molecule has 0 aromatic carbocycles. The highest BCUT2D eigenvalue weighted by Crippen LogP contribution is 2.22. The predicted molar refractivity (Wildman–Crippen MR) is 78.1 cm³/mol. The molecule has 0 spiro atoms. The Morgan fingerprint density at radius 2 is 2.13 bits per heavy atom. The summed E-state index contributed by atoms with van der Waals surface area (Å²) >= 11 is 0. The molecule has 1 aliphatic rings. The number of carbonyl (C=O) groups excluding carboxylic acids is 1. The molecule has 0 aliphatic carbocycles. The van der Waals surface area contributed by atoms with Crippen molar-refractivity contribution in [2.75, 3.05) is 26.2 Å². The number of carbonyl (C=O) groups is 1. The number of aromatic nitrogens is 3. The second-order valence-electron chi connectivity index (χ2n) is 5.54. The Morgan fingerprint density at radius 3 is 2.70 bits per heavy atom. The van der Waals surface area contributed by atoms with E-state index in [9.17, 15) is 18.0 Å². The number of nitrogens with one attached hydrogen (secondary N) is 1. The van der Waals surface area contributed by atoms with E-state index in [0.717, 1.165) is 25.9 Å². The maximum absolute atomic E-state index is 12.6. The van der Waals surface area contributed by atoms with Crippen LogP contribution in [-0.2, 0) is 0 Å². The van der Waals surface area contributed by atoms with Crippen molar-refractivity contribution in [2.45, 2.75) is 32.0 Å². The Kier molecular flexibility index (Phi) is 5.40. The molecule has 1 N–H and O–H groups in total. The summed E-state index contributed by atoms with van der Waals surface area (Å²) in [5.41, 5.74) is 0.466. The zero-order valence-corrected chi connectivity index (χ0v) is 12.9. The second-order valence-corrected chi connectivity index (χ2v) is 5.54. The fourth-order valence-corrected chi connectivity index (χ4v) is 2.68. The van der Waals surface area contributed by atoms with Crippen molar-refractivity contribution in [3.8, 4) is 0 Å². The predicted octanol–water partition coefficient (Wildman–Crippen LogP) is 1.70. The topological polar surface area (TPSA) is 63.1 Å². The lowest BCUT2D eigenvalue weighted by Crippen LogP contribution is -2.39. The van der Waals surface area contributed by atoms with E-state index in [-0.39, 0.29) is 18.3 Å². The van der Waals surface area contributed by atoms with Crippen molar-refractivity contribution in [3.05, 3.63) is 24.0 Å². The molecule has 128 valence electrons. The molecule has 9 heteroatoms. The zero-order valence-electron chi connectivity index (χ0n) is 12.9. The number of nitrogens with zero attached hydrogens (tertiary/aromatic N) is 4. The fraction of sp³-hybridized carbons (Fsp3) is 0.643. The van der Waals surface area contributed by atoms with Gasteiger partial charge in [-0.15, -0.1) is 11.7 Å². The van der Waals surface area contributed by atoms with Gasteiger partial charge >= 0.3 is 6.18 Å². The lowest BCUT2D eigenvalue weighted by Gasteiger charge is -2.24. The number of piperidine rings is 1. The molecular weight excluding hydrogens is 311 g/mol. The molecule has 0 radical (unpaired) electrons. The molecule has 0 unspecified atom stereocenters. The van der Waals surface area contributed by atoms with Gasteiger partial charge in [-0.3, -0.25) is 4.79 Å². The lowest BCUT2D eigenvalue weighted by molar-refractivity contribution is -0.139. The van der Waals surface area contributed by atoms with E-state index in [1.165, 1.54) is 6.08 Å². The summed E-state index contributed by atoms with van der Waals surface area (Å²) in [7, 11) is 0. The molecule has 1 saturated heterocycles. The average molecular weight is 331 g/mol. The average Bonchev–Trinajstić information content (AvgIpc) is 2.87. The van der Waals surface area contributed by atoms with Gasteiger partial charge in [-0.2, -0.15) is 13.2 Å². The molecule has 2 rings (SSSR count). The quantitative estimate of drug-likeness (QED) is 0.834. The van der Waals surface area contributed by atoms with E-state index in [1.807, 2.05) is 0 Å². The van der Waals surface area contributed by atoms with Crippen molar-refractivity contribution < 1.29 is 18.0 Å². The van der Waals surface area contributed by atoms with Crippen LogP contribution in [0, 0.1) is 6.92 Å². The minimum Gasteiger partial charge on any atom is -0.324 e. The minimum atomic E-state index is -4.47. The Labute approximate surface area is 132 Å². The smallest absolute Gasteiger partial charge is 0.324 e. The normalized spacial score (nSPS) is 16.3. The van der Waals surface area contributed by atoms with Crippen LogP contribution in [0.3, 0.4) is 0 Å². The highest BCUT2D eigenvalue weighted by molar-refractivity contribution is 5.93. The van der Waals surface area contributed by atoms with Crippen LogP contribution in [-0.4, -0.2) is 58.2 Å². The van der Waals surface area contributed by atoms with Gasteiger partial charge in [0.05, 0.1) is 11.7 Å². The third-order valence-corrected chi connectivity index (χ3v) is 3.79. The maximum atomic E-state index is 12.6. The van der Waals surface area contributed by atoms with E-state index in [1.54, 1.807) is 11.6 Å². The van der Waals surface area contributed by atoms with Gasteiger partial charge in [-0.1, -0.05) is 11.3 Å². The van der Waals surface area contributed by atoms with Crippen LogP contribution >= 0.6 is 0 Å². The summed E-state index contributed by atoms with van der Waals surface area (Å²) in [5, 5.41) is 11.0. The van der Waals surface area contributed by atoms with Crippen molar-refractivity contribution in [1.29, 1.82) is 0 Å². The molecule has 6 nitrogen and oxygen atoms in total. The molecule has 0 bridgehead atoms. The number of alkyl halides is 3. The minimum absolute atomic E-state index is 0.0327. The molecule has 1 aromatic rings. The highest BCUT2D eigenvalue weighted by Gasteiger charge is 2.34. The van der Waals surface area contributed by atoms with Crippen LogP contribution in [0.25, 0.3) is 0 Å². The molecule has 1 fully saturated rings. The number of hydrogen-bond acceptors (Lipinski definition) is 4. The fourth-order valence-electron chi connectivity index (χ4n) is 2.68. The first kappa shape index (κ1) is 17.5. The van der Waals surface area contributed by atoms with Gasteiger partial charge in [0.15, 0.2) is 5.69 Å². The number of halogens is 3. The van der Waals surface area contributed by atoms with Crippen molar-refractivity contribution in [2.24, 2.45) is 0 Å². The first-order valence-electron chi connectivity index (χ1n) is 7.43. The van der Waals surface area contributed by atoms with Crippen LogP contribution in [0.2, 0.25) is 0 Å². The van der Waals surface area contributed by atoms with Gasteiger partial charge in [0, 0.05) is 6.54 Å². The first-order chi connectivity index (χ1) is 10.8. The van der Waals surface area contributed by atoms with E-state index in [4.69, 9.17) is 0 Å². The summed E-state index contributed by atoms with van der Waals surface area (Å²) < 4.78 is 39.5. The third-order valence-electron chi connectivity index (χ3n) is 3.79. The second kappa shape index (κ2) is 7.12. The molecule has 1 amide bonds. The molecular formula is C14H20F3N5O. The molecule has 1 aliphatic heterocycles. The maximum Gasteiger partial charge on any atom is 0.406 e. The van der Waals surface area contributed by atoms with Crippen LogP contribution in [0.1, 0.15) is 35.1 Å². The van der Waals surface area contributed by atoms with Crippen LogP contribution < -0.4 is 5.32 Å². The molecule has 1 aromatic heterocycles. The van der Waals surface area contributed by atoms with Gasteiger partial charge in [0.25, 0.3) is 5.91 Å². The van der Waals surface area contributed by atoms with Gasteiger partial charge in [0.1, 0.15) is 6.54 Å². The monoisotopic (exact) mass is 331 g/mol. The van der Waals surface area contributed by atoms with Crippen molar-refractivity contribution in [3.63, 3.8) is 0 Å². The van der Waals surface area contributed by atoms with Gasteiger partial charge in [-0.25, -0.2) is 4.68 Å². The zero-order chi connectivity index (χ0) is 17.0. The summed E-state index contributed by atoms with van der Waals surface area (Å²) in [4.78, 5) is 13.1. The SMILES string of the molecule is C=CCN(CC(F)(F)F)C(=O)c1nnn(C2CCNCC2)c1C. The number of hydrogen-bond donors (Lipinski definition) is 1. The molecule has 2 heterocycles. The van der Waals surface area contributed by atoms with Gasteiger partial charge in [0.2, 0.25) is 0 Å². The van der Waals surface area contributed by atoms with E-state index >= 15 is 0 Å². The van der Waals surface area contributed by atoms with E-state index in [2.05, 4.69) is 22.2 Å². The number of amides is 1. The summed E-state index contributed by atoms with van der Waals surface area (Å²) in [6.07, 6.45) is -1.53. The summed E-state index contributed by atoms with van der Waals surface area (Å²) in [5.74, 6) is -0.778. The first-order valence-corrected chi connectivity index (χ1v) is 7.43. The van der Waals surface area contributed by atoms with Crippen LogP contribution in [0.15, 0.2) is 12.7 Å². The van der Waals surface area contributed by atoms with Gasteiger partial charge in [-0.05, 0) is 32.9 Å². The Balaban J connectivity index is 2.20. The van der Waals surface area contributed by atoms with E-state index < -0.39 is 18.6 Å². The largest absolute Gasteiger partial charge is 0.406 e. The molecule has 23 heavy (non-hydrogen) atoms. The lowest BCUT2D eigenvalue weighted by atomic mass is 10.1. The van der Waals surface area contributed by atoms with Crippen LogP contribution in [0.4, 0.5) is 13.2 Å². The Hall–Kier alpha value is -1.90. The van der Waals surface area contributed by atoms with Gasteiger partial charge < -0.3 is 10.2 Å². The summed E-state index contributed by atoms with van der Waals surface area (Å²) in [6, 6.07) is 0.112. The van der Waals surface area contributed by atoms with Crippen molar-refractivity contribution in [1.82, 2.24) is 25.2 Å². The van der Waals surface area contributed by atoms with E-state index in [0.29, 0.717) is 10.6 Å². The molecule has 0 saturated carbocycles. The van der Waals surface area contributed by atoms with Crippen LogP contribution in [0.5, 0.6) is 0 Å². The standard InChI is InChI=1S/C14H20F3N5O/c1-3-8-21(9-14(15,16)17)13(23)12-10(2)22(20-19-12)11-4-6-18-7-5-11/h3,11,18H,1,4-9H2,2H3.